The molecule has 152 valence electrons. The fourth-order valence-electron chi connectivity index (χ4n) is 3.03. The predicted octanol–water partition coefficient (Wildman–Crippen LogP) is 2.71. The molecule has 0 unspecified atom stereocenters. The first kappa shape index (κ1) is 20.1. The third-order valence-corrected chi connectivity index (χ3v) is 4.72. The Morgan fingerprint density at radius 3 is 2.50 bits per heavy atom. The largest absolute Gasteiger partial charge is 0.494 e. The van der Waals surface area contributed by atoms with E-state index >= 15 is 0 Å². The normalized spacial score (nSPS) is 14.9. The lowest BCUT2D eigenvalue weighted by atomic mass is 10.2. The van der Waals surface area contributed by atoms with Crippen molar-refractivity contribution in [3.63, 3.8) is 0 Å². The molecule has 8 heteroatoms. The van der Waals surface area contributed by atoms with Gasteiger partial charge < -0.3 is 19.0 Å². The second-order valence-corrected chi connectivity index (χ2v) is 7.17. The van der Waals surface area contributed by atoms with E-state index in [0.29, 0.717) is 31.4 Å². The fourth-order valence-corrected chi connectivity index (χ4v) is 3.03. The van der Waals surface area contributed by atoms with Crippen molar-refractivity contribution in [2.75, 3.05) is 46.9 Å². The molecule has 1 fully saturated rings. The quantitative estimate of drug-likeness (QED) is 0.680. The molecule has 2 heterocycles. The minimum atomic E-state index is 0.0573. The molecule has 0 atom stereocenters. The van der Waals surface area contributed by atoms with Gasteiger partial charge in [-0.25, -0.2) is 4.79 Å². The van der Waals surface area contributed by atoms with Crippen molar-refractivity contribution in [1.82, 2.24) is 24.9 Å². The van der Waals surface area contributed by atoms with Crippen LogP contribution >= 0.6 is 0 Å². The average Bonchev–Trinajstić information content (AvgIpc) is 3.17. The minimum absolute atomic E-state index is 0.0573. The van der Waals surface area contributed by atoms with E-state index in [1.54, 1.807) is 19.0 Å². The second-order valence-electron chi connectivity index (χ2n) is 7.17. The van der Waals surface area contributed by atoms with Gasteiger partial charge in [0.15, 0.2) is 0 Å². The Morgan fingerprint density at radius 1 is 1.14 bits per heavy atom. The van der Waals surface area contributed by atoms with Gasteiger partial charge >= 0.3 is 6.03 Å². The summed E-state index contributed by atoms with van der Waals surface area (Å²) < 4.78 is 11.5. The van der Waals surface area contributed by atoms with E-state index in [1.165, 1.54) is 0 Å². The standard InChI is InChI=1S/C20H29N5O3/c1-4-5-14-27-17-8-6-16(7-9-17)19-22-21-18(28-19)15-24-10-12-25(13-11-24)20(26)23(2)3/h6-9H,4-5,10-15H2,1-3H3. The van der Waals surface area contributed by atoms with Gasteiger partial charge in [-0.15, -0.1) is 10.2 Å². The van der Waals surface area contributed by atoms with Gasteiger partial charge in [0, 0.05) is 45.8 Å². The molecule has 1 aromatic heterocycles. The number of ether oxygens (including phenoxy) is 1. The number of benzene rings is 1. The molecular weight excluding hydrogens is 358 g/mol. The van der Waals surface area contributed by atoms with Crippen molar-refractivity contribution < 1.29 is 13.9 Å². The summed E-state index contributed by atoms with van der Waals surface area (Å²) >= 11 is 0. The molecule has 2 amide bonds. The first-order valence-electron chi connectivity index (χ1n) is 9.81. The maximum Gasteiger partial charge on any atom is 0.319 e. The molecule has 1 saturated heterocycles. The SMILES string of the molecule is CCCCOc1ccc(-c2nnc(CN3CCN(C(=O)N(C)C)CC3)o2)cc1. The zero-order valence-electron chi connectivity index (χ0n) is 16.9. The summed E-state index contributed by atoms with van der Waals surface area (Å²) in [6.45, 7) is 6.46. The highest BCUT2D eigenvalue weighted by Crippen LogP contribution is 2.22. The van der Waals surface area contributed by atoms with Gasteiger partial charge in [-0.05, 0) is 30.7 Å². The zero-order chi connectivity index (χ0) is 19.9. The topological polar surface area (TPSA) is 74.9 Å². The van der Waals surface area contributed by atoms with Crippen LogP contribution in [-0.2, 0) is 6.54 Å². The Hall–Kier alpha value is -2.61. The molecule has 0 bridgehead atoms. The summed E-state index contributed by atoms with van der Waals surface area (Å²) in [6, 6.07) is 7.78. The molecule has 0 N–H and O–H groups in total. The summed E-state index contributed by atoms with van der Waals surface area (Å²) in [5.41, 5.74) is 0.878. The number of nitrogens with zero attached hydrogens (tertiary/aromatic N) is 5. The monoisotopic (exact) mass is 387 g/mol. The van der Waals surface area contributed by atoms with Crippen molar-refractivity contribution in [3.8, 4) is 17.2 Å². The summed E-state index contributed by atoms with van der Waals surface area (Å²) in [4.78, 5) is 17.7. The number of urea groups is 1. The van der Waals surface area contributed by atoms with E-state index in [-0.39, 0.29) is 6.03 Å². The van der Waals surface area contributed by atoms with Gasteiger partial charge in [-0.3, -0.25) is 4.90 Å². The van der Waals surface area contributed by atoms with Crippen molar-refractivity contribution in [2.24, 2.45) is 0 Å². The van der Waals surface area contributed by atoms with Gasteiger partial charge in [0.2, 0.25) is 11.8 Å². The average molecular weight is 387 g/mol. The maximum absolute atomic E-state index is 12.0. The molecule has 28 heavy (non-hydrogen) atoms. The van der Waals surface area contributed by atoms with Crippen LogP contribution in [0.4, 0.5) is 4.79 Å². The van der Waals surface area contributed by atoms with Crippen LogP contribution in [0.25, 0.3) is 11.5 Å². The number of amides is 2. The number of unbranched alkanes of at least 4 members (excludes halogenated alkanes) is 1. The fraction of sp³-hybridized carbons (Fsp3) is 0.550. The van der Waals surface area contributed by atoms with E-state index in [4.69, 9.17) is 9.15 Å². The molecule has 3 rings (SSSR count). The van der Waals surface area contributed by atoms with Crippen molar-refractivity contribution in [2.45, 2.75) is 26.3 Å². The Labute approximate surface area is 166 Å². The van der Waals surface area contributed by atoms with E-state index in [1.807, 2.05) is 29.2 Å². The Balaban J connectivity index is 1.51. The number of hydrogen-bond donors (Lipinski definition) is 0. The summed E-state index contributed by atoms with van der Waals surface area (Å²) in [5, 5.41) is 8.34. The predicted molar refractivity (Wildman–Crippen MR) is 106 cm³/mol. The smallest absolute Gasteiger partial charge is 0.319 e. The van der Waals surface area contributed by atoms with Crippen LogP contribution in [0, 0.1) is 0 Å². The lowest BCUT2D eigenvalue weighted by Crippen LogP contribution is -2.51. The first-order chi connectivity index (χ1) is 13.6. The van der Waals surface area contributed by atoms with Gasteiger partial charge in [0.1, 0.15) is 5.75 Å². The molecule has 0 saturated carbocycles. The highest BCUT2D eigenvalue weighted by Gasteiger charge is 2.23. The molecule has 1 aliphatic rings. The number of aromatic nitrogens is 2. The molecular formula is C20H29N5O3. The van der Waals surface area contributed by atoms with Crippen LogP contribution in [0.1, 0.15) is 25.7 Å². The molecule has 1 aromatic carbocycles. The van der Waals surface area contributed by atoms with Gasteiger partial charge in [0.05, 0.1) is 13.2 Å². The minimum Gasteiger partial charge on any atom is -0.494 e. The number of hydrogen-bond acceptors (Lipinski definition) is 6. The lowest BCUT2D eigenvalue weighted by Gasteiger charge is -2.35. The van der Waals surface area contributed by atoms with E-state index in [2.05, 4.69) is 22.0 Å². The summed E-state index contributed by atoms with van der Waals surface area (Å²) in [7, 11) is 3.55. The summed E-state index contributed by atoms with van der Waals surface area (Å²) in [5.74, 6) is 1.95. The highest BCUT2D eigenvalue weighted by molar-refractivity contribution is 5.73. The molecule has 8 nitrogen and oxygen atoms in total. The van der Waals surface area contributed by atoms with Crippen LogP contribution < -0.4 is 4.74 Å². The number of piperazine rings is 1. The zero-order valence-corrected chi connectivity index (χ0v) is 16.9. The van der Waals surface area contributed by atoms with Crippen molar-refractivity contribution in [3.05, 3.63) is 30.2 Å². The lowest BCUT2D eigenvalue weighted by molar-refractivity contribution is 0.115. The van der Waals surface area contributed by atoms with Crippen LogP contribution in [-0.4, -0.2) is 77.8 Å². The number of rotatable bonds is 7. The summed E-state index contributed by atoms with van der Waals surface area (Å²) in [6.07, 6.45) is 2.16. The number of carbonyl (C=O) groups is 1. The number of carbonyl (C=O) groups excluding carboxylic acids is 1. The molecule has 1 aliphatic heterocycles. The molecule has 0 aliphatic carbocycles. The van der Waals surface area contributed by atoms with Crippen molar-refractivity contribution in [1.29, 1.82) is 0 Å². The van der Waals surface area contributed by atoms with Crippen LogP contribution in [0.5, 0.6) is 5.75 Å². The molecule has 0 spiro atoms. The van der Waals surface area contributed by atoms with E-state index in [9.17, 15) is 4.79 Å². The second kappa shape index (κ2) is 9.54. The van der Waals surface area contributed by atoms with E-state index in [0.717, 1.165) is 43.9 Å². The Morgan fingerprint density at radius 2 is 1.86 bits per heavy atom. The third-order valence-electron chi connectivity index (χ3n) is 4.72. The van der Waals surface area contributed by atoms with Crippen LogP contribution in [0.15, 0.2) is 28.7 Å². The van der Waals surface area contributed by atoms with Crippen LogP contribution in [0.3, 0.4) is 0 Å². The Kier molecular flexibility index (Phi) is 6.86. The Bertz CT molecular complexity index is 751. The van der Waals surface area contributed by atoms with Crippen molar-refractivity contribution >= 4 is 6.03 Å². The molecule has 0 radical (unpaired) electrons. The van der Waals surface area contributed by atoms with E-state index < -0.39 is 0 Å². The highest BCUT2D eigenvalue weighted by atomic mass is 16.5. The third kappa shape index (κ3) is 5.22. The van der Waals surface area contributed by atoms with Gasteiger partial charge in [-0.2, -0.15) is 0 Å². The van der Waals surface area contributed by atoms with Gasteiger partial charge in [0.25, 0.3) is 0 Å². The van der Waals surface area contributed by atoms with Crippen LogP contribution in [0.2, 0.25) is 0 Å². The first-order valence-corrected chi connectivity index (χ1v) is 9.81. The van der Waals surface area contributed by atoms with Gasteiger partial charge in [-0.1, -0.05) is 13.3 Å². The maximum atomic E-state index is 12.0. The molecule has 2 aromatic rings.